The molecule has 5 nitrogen and oxygen atoms in total. The summed E-state index contributed by atoms with van der Waals surface area (Å²) in [5.41, 5.74) is 5.10. The number of aromatic nitrogens is 2. The van der Waals surface area contributed by atoms with Crippen LogP contribution in [0.1, 0.15) is 20.8 Å². The third-order valence-electron chi connectivity index (χ3n) is 2.18. The number of aliphatic carboxylic acids is 1. The molecular weight excluding hydrogens is 206 g/mol. The smallest absolute Gasteiger partial charge is 0.243 e. The van der Waals surface area contributed by atoms with Crippen molar-refractivity contribution in [3.8, 4) is 0 Å². The summed E-state index contributed by atoms with van der Waals surface area (Å²) < 4.78 is 4.16. The van der Waals surface area contributed by atoms with Crippen LogP contribution in [0, 0.1) is 5.92 Å². The zero-order valence-electron chi connectivity index (χ0n) is 10.4. The lowest BCUT2D eigenvalue weighted by Crippen LogP contribution is -2.45. The van der Waals surface area contributed by atoms with E-state index in [4.69, 9.17) is 5.73 Å². The molecule has 0 radical (unpaired) electrons. The number of rotatable bonds is 3. The van der Waals surface area contributed by atoms with Crippen molar-refractivity contribution >= 4 is 5.97 Å². The van der Waals surface area contributed by atoms with Gasteiger partial charge >= 0.3 is 0 Å². The van der Waals surface area contributed by atoms with Gasteiger partial charge in [0.2, 0.25) is 6.33 Å². The number of nitrogens with two attached hydrogens (primary N) is 1. The molecule has 0 spiro atoms. The van der Waals surface area contributed by atoms with Crippen LogP contribution in [0.4, 0.5) is 0 Å². The van der Waals surface area contributed by atoms with Crippen molar-refractivity contribution in [3.05, 3.63) is 18.7 Å². The Morgan fingerprint density at radius 3 is 2.25 bits per heavy atom. The van der Waals surface area contributed by atoms with Gasteiger partial charge in [-0.1, -0.05) is 13.8 Å². The van der Waals surface area contributed by atoms with E-state index in [1.165, 1.54) is 0 Å². The van der Waals surface area contributed by atoms with Crippen LogP contribution in [0.15, 0.2) is 18.7 Å². The van der Waals surface area contributed by atoms with Crippen molar-refractivity contribution in [2.75, 3.05) is 0 Å². The number of carbonyl (C=O) groups excluding carboxylic acids is 1. The molecule has 0 amide bonds. The third kappa shape index (κ3) is 5.50. The van der Waals surface area contributed by atoms with Gasteiger partial charge in [0.1, 0.15) is 12.4 Å². The Balaban J connectivity index is 0.000000281. The predicted octanol–water partition coefficient (Wildman–Crippen LogP) is -0.948. The van der Waals surface area contributed by atoms with E-state index in [0.717, 1.165) is 6.54 Å². The first-order chi connectivity index (χ1) is 7.38. The number of hydrogen-bond donors (Lipinski definition) is 1. The molecular formula is C11H21N3O2. The fourth-order valence-corrected chi connectivity index (χ4v) is 0.961. The summed E-state index contributed by atoms with van der Waals surface area (Å²) >= 11 is 0. The molecule has 0 unspecified atom stereocenters. The molecule has 0 fully saturated rings. The number of carboxylic acid groups (broad SMARTS) is 1. The quantitative estimate of drug-likeness (QED) is 0.677. The molecule has 0 aliphatic rings. The van der Waals surface area contributed by atoms with Crippen LogP contribution in [0.2, 0.25) is 0 Å². The summed E-state index contributed by atoms with van der Waals surface area (Å²) in [6, 6.07) is -0.824. The van der Waals surface area contributed by atoms with Gasteiger partial charge in [0.15, 0.2) is 0 Å². The zero-order chi connectivity index (χ0) is 12.7. The van der Waals surface area contributed by atoms with Crippen LogP contribution in [0.3, 0.4) is 0 Å². The largest absolute Gasteiger partial charge is 0.548 e. The summed E-state index contributed by atoms with van der Waals surface area (Å²) in [5, 5.41) is 9.90. The second-order valence-corrected chi connectivity index (χ2v) is 4.00. The molecule has 1 aromatic rings. The van der Waals surface area contributed by atoms with E-state index in [9.17, 15) is 9.90 Å². The maximum absolute atomic E-state index is 9.90. The molecule has 0 aliphatic carbocycles. The first-order valence-corrected chi connectivity index (χ1v) is 5.35. The van der Waals surface area contributed by atoms with Gasteiger partial charge in [-0.2, -0.15) is 0 Å². The highest BCUT2D eigenvalue weighted by Gasteiger charge is 2.06. The van der Waals surface area contributed by atoms with E-state index in [-0.39, 0.29) is 5.92 Å². The average Bonchev–Trinajstić information content (AvgIpc) is 2.63. The van der Waals surface area contributed by atoms with Gasteiger partial charge in [-0.15, -0.1) is 0 Å². The molecule has 1 rings (SSSR count). The van der Waals surface area contributed by atoms with Crippen molar-refractivity contribution in [1.29, 1.82) is 0 Å². The Labute approximate surface area is 96.5 Å². The second-order valence-electron chi connectivity index (χ2n) is 4.00. The van der Waals surface area contributed by atoms with E-state index in [1.54, 1.807) is 13.8 Å². The van der Waals surface area contributed by atoms with Crippen molar-refractivity contribution in [2.24, 2.45) is 18.7 Å². The Hall–Kier alpha value is -1.36. The van der Waals surface area contributed by atoms with Gasteiger partial charge < -0.3 is 15.6 Å². The molecule has 1 aromatic heterocycles. The normalized spacial score (nSPS) is 11.9. The van der Waals surface area contributed by atoms with Crippen LogP contribution in [-0.2, 0) is 18.4 Å². The Morgan fingerprint density at radius 2 is 2.12 bits per heavy atom. The van der Waals surface area contributed by atoms with Crippen LogP contribution in [0.5, 0.6) is 0 Å². The molecule has 1 heterocycles. The molecule has 5 heteroatoms. The summed E-state index contributed by atoms with van der Waals surface area (Å²) in [5.74, 6) is -1.22. The van der Waals surface area contributed by atoms with Crippen molar-refractivity contribution in [1.82, 2.24) is 4.57 Å². The maximum atomic E-state index is 9.90. The highest BCUT2D eigenvalue weighted by molar-refractivity contribution is 5.71. The highest BCUT2D eigenvalue weighted by Crippen LogP contribution is 1.94. The minimum Gasteiger partial charge on any atom is -0.548 e. The molecule has 0 saturated carbocycles. The lowest BCUT2D eigenvalue weighted by Gasteiger charge is -2.15. The molecule has 2 N–H and O–H groups in total. The van der Waals surface area contributed by atoms with Gasteiger partial charge in [-0.05, 0) is 12.8 Å². The number of nitrogens with zero attached hydrogens (tertiary/aromatic N) is 2. The molecule has 0 bridgehead atoms. The number of aryl methyl sites for hydroxylation is 2. The zero-order valence-corrected chi connectivity index (χ0v) is 10.4. The standard InChI is InChI=1S/C6H11N2.C5H11NO2/c1-3-8-5-4-7(2)6-8;1-3(2)4(6)5(7)8/h4-6H,3H2,1-2H3;3-4H,6H2,1-2H3,(H,7,8)/q+1;/p-1/t;4-/m.0/s1. The van der Waals surface area contributed by atoms with Crippen molar-refractivity contribution in [3.63, 3.8) is 0 Å². The molecule has 92 valence electrons. The average molecular weight is 227 g/mol. The first-order valence-electron chi connectivity index (χ1n) is 5.35. The first kappa shape index (κ1) is 14.6. The third-order valence-corrected chi connectivity index (χ3v) is 2.18. The van der Waals surface area contributed by atoms with Crippen LogP contribution >= 0.6 is 0 Å². The maximum Gasteiger partial charge on any atom is 0.243 e. The SMILES string of the molecule is CC(C)[C@H](N)C(=O)[O-].CCn1cc[n+](C)c1. The monoisotopic (exact) mass is 227 g/mol. The second kappa shape index (κ2) is 7.00. The van der Waals surface area contributed by atoms with E-state index in [0.29, 0.717) is 0 Å². The molecule has 16 heavy (non-hydrogen) atoms. The fourth-order valence-electron chi connectivity index (χ4n) is 0.961. The van der Waals surface area contributed by atoms with Crippen LogP contribution in [-0.4, -0.2) is 16.6 Å². The molecule has 0 saturated heterocycles. The Bertz CT molecular complexity index is 321. The Morgan fingerprint density at radius 1 is 1.56 bits per heavy atom. The molecule has 0 aliphatic heterocycles. The number of carbonyl (C=O) groups is 1. The van der Waals surface area contributed by atoms with Gasteiger partial charge in [0.25, 0.3) is 0 Å². The van der Waals surface area contributed by atoms with Crippen LogP contribution in [0.25, 0.3) is 0 Å². The summed E-state index contributed by atoms with van der Waals surface area (Å²) in [6.45, 7) is 6.65. The lowest BCUT2D eigenvalue weighted by atomic mass is 10.1. The van der Waals surface area contributed by atoms with E-state index in [2.05, 4.69) is 24.0 Å². The van der Waals surface area contributed by atoms with E-state index in [1.807, 2.05) is 17.8 Å². The minimum atomic E-state index is -1.18. The van der Waals surface area contributed by atoms with E-state index >= 15 is 0 Å². The lowest BCUT2D eigenvalue weighted by molar-refractivity contribution is -0.671. The Kier molecular flexibility index (Phi) is 6.41. The van der Waals surface area contributed by atoms with Crippen molar-refractivity contribution < 1.29 is 14.5 Å². The number of carboxylic acids is 1. The van der Waals surface area contributed by atoms with Gasteiger partial charge in [-0.3, -0.25) is 0 Å². The highest BCUT2D eigenvalue weighted by atomic mass is 16.4. The predicted molar refractivity (Wildman–Crippen MR) is 59.1 cm³/mol. The summed E-state index contributed by atoms with van der Waals surface area (Å²) in [7, 11) is 2.02. The van der Waals surface area contributed by atoms with Gasteiger partial charge in [0.05, 0.1) is 19.6 Å². The summed E-state index contributed by atoms with van der Waals surface area (Å²) in [4.78, 5) is 9.90. The van der Waals surface area contributed by atoms with Gasteiger partial charge in [-0.25, -0.2) is 9.13 Å². The van der Waals surface area contributed by atoms with Crippen molar-refractivity contribution in [2.45, 2.75) is 33.4 Å². The fraction of sp³-hybridized carbons (Fsp3) is 0.636. The number of imidazole rings is 1. The minimum absolute atomic E-state index is 0.0417. The molecule has 1 atom stereocenters. The van der Waals surface area contributed by atoms with E-state index < -0.39 is 12.0 Å². The number of hydrogen-bond acceptors (Lipinski definition) is 3. The van der Waals surface area contributed by atoms with Gasteiger partial charge in [0, 0.05) is 6.04 Å². The summed E-state index contributed by atoms with van der Waals surface area (Å²) in [6.07, 6.45) is 6.14. The topological polar surface area (TPSA) is 75.0 Å². The molecule has 0 aromatic carbocycles. The van der Waals surface area contributed by atoms with Crippen LogP contribution < -0.4 is 15.4 Å².